The Hall–Kier alpha value is -1.55. The van der Waals surface area contributed by atoms with E-state index in [2.05, 4.69) is 5.32 Å². The Morgan fingerprint density at radius 1 is 1.44 bits per heavy atom. The topological polar surface area (TPSA) is 64.3 Å². The molecule has 1 aromatic carbocycles. The monoisotopic (exact) mass is 220 g/mol. The summed E-state index contributed by atoms with van der Waals surface area (Å²) in [6, 6.07) is 7.57. The number of rotatable bonds is 3. The first-order chi connectivity index (χ1) is 7.70. The van der Waals surface area contributed by atoms with Crippen LogP contribution in [0.5, 0.6) is 5.75 Å². The molecule has 1 saturated carbocycles. The molecule has 1 fully saturated rings. The summed E-state index contributed by atoms with van der Waals surface area (Å²) in [5, 5.41) is 2.86. The van der Waals surface area contributed by atoms with Gasteiger partial charge in [-0.05, 0) is 25.0 Å². The Kier molecular flexibility index (Phi) is 3.10. The van der Waals surface area contributed by atoms with E-state index < -0.39 is 0 Å². The highest BCUT2D eigenvalue weighted by molar-refractivity contribution is 5.94. The zero-order valence-corrected chi connectivity index (χ0v) is 9.27. The van der Waals surface area contributed by atoms with Crippen LogP contribution in [0.2, 0.25) is 0 Å². The number of carbonyl (C=O) groups excluding carboxylic acids is 1. The van der Waals surface area contributed by atoms with E-state index in [-0.39, 0.29) is 17.9 Å². The van der Waals surface area contributed by atoms with Crippen molar-refractivity contribution in [3.05, 3.63) is 24.3 Å². The van der Waals surface area contributed by atoms with E-state index in [9.17, 15) is 4.79 Å². The largest absolute Gasteiger partial charge is 0.495 e. The summed E-state index contributed by atoms with van der Waals surface area (Å²) in [6.45, 7) is 0. The molecule has 1 aromatic rings. The molecule has 4 nitrogen and oxygen atoms in total. The number of hydrogen-bond donors (Lipinski definition) is 2. The lowest BCUT2D eigenvalue weighted by atomic mass is 9.80. The number of ether oxygens (including phenoxy) is 1. The third kappa shape index (κ3) is 2.17. The summed E-state index contributed by atoms with van der Waals surface area (Å²) in [5.74, 6) is 0.769. The molecule has 4 heteroatoms. The smallest absolute Gasteiger partial charge is 0.227 e. The summed E-state index contributed by atoms with van der Waals surface area (Å²) in [7, 11) is 1.59. The first-order valence-corrected chi connectivity index (χ1v) is 5.40. The minimum atomic E-state index is 0.0335. The van der Waals surface area contributed by atoms with Crippen molar-refractivity contribution >= 4 is 11.6 Å². The number of anilines is 1. The van der Waals surface area contributed by atoms with Crippen LogP contribution in [0.15, 0.2) is 24.3 Å². The van der Waals surface area contributed by atoms with Crippen LogP contribution >= 0.6 is 0 Å². The number of methoxy groups -OCH3 is 1. The number of hydrogen-bond acceptors (Lipinski definition) is 3. The van der Waals surface area contributed by atoms with E-state index in [1.165, 1.54) is 0 Å². The molecular weight excluding hydrogens is 204 g/mol. The van der Waals surface area contributed by atoms with Gasteiger partial charge in [0.15, 0.2) is 0 Å². The highest BCUT2D eigenvalue weighted by Crippen LogP contribution is 2.29. The lowest BCUT2D eigenvalue weighted by molar-refractivity contribution is -0.122. The molecular formula is C12H16N2O2. The molecule has 0 bridgehead atoms. The van der Waals surface area contributed by atoms with Crippen LogP contribution in [0.4, 0.5) is 5.69 Å². The summed E-state index contributed by atoms with van der Waals surface area (Å²) in [6.07, 6.45) is 1.56. The number of benzene rings is 1. The Bertz CT molecular complexity index is 386. The van der Waals surface area contributed by atoms with Crippen molar-refractivity contribution in [1.82, 2.24) is 0 Å². The zero-order valence-electron chi connectivity index (χ0n) is 9.27. The molecule has 0 saturated heterocycles. The fourth-order valence-corrected chi connectivity index (χ4v) is 1.86. The fraction of sp³-hybridized carbons (Fsp3) is 0.417. The maximum Gasteiger partial charge on any atom is 0.227 e. The van der Waals surface area contributed by atoms with Crippen molar-refractivity contribution in [2.24, 2.45) is 11.7 Å². The van der Waals surface area contributed by atoms with Gasteiger partial charge in [-0.15, -0.1) is 0 Å². The standard InChI is InChI=1S/C12H16N2O2/c1-16-11-5-3-2-4-10(11)14-12(15)8-6-9(13)7-8/h2-5,8-9H,6-7,13H2,1H3,(H,14,15). The summed E-state index contributed by atoms with van der Waals surface area (Å²) in [4.78, 5) is 11.8. The van der Waals surface area contributed by atoms with Gasteiger partial charge in [0.1, 0.15) is 5.75 Å². The van der Waals surface area contributed by atoms with Crippen LogP contribution in [0, 0.1) is 5.92 Å². The SMILES string of the molecule is COc1ccccc1NC(=O)C1CC(N)C1. The highest BCUT2D eigenvalue weighted by Gasteiger charge is 2.32. The van der Waals surface area contributed by atoms with Crippen molar-refractivity contribution in [3.8, 4) is 5.75 Å². The number of para-hydroxylation sites is 2. The minimum absolute atomic E-state index is 0.0335. The Morgan fingerprint density at radius 2 is 2.12 bits per heavy atom. The number of nitrogens with two attached hydrogens (primary N) is 1. The second kappa shape index (κ2) is 4.53. The third-order valence-electron chi connectivity index (χ3n) is 2.91. The van der Waals surface area contributed by atoms with Gasteiger partial charge >= 0.3 is 0 Å². The molecule has 0 unspecified atom stereocenters. The second-order valence-corrected chi connectivity index (χ2v) is 4.12. The Labute approximate surface area is 94.8 Å². The maximum absolute atomic E-state index is 11.8. The molecule has 1 amide bonds. The lowest BCUT2D eigenvalue weighted by Gasteiger charge is -2.31. The molecule has 1 aliphatic rings. The molecule has 0 aliphatic heterocycles. The highest BCUT2D eigenvalue weighted by atomic mass is 16.5. The van der Waals surface area contributed by atoms with E-state index in [1.807, 2.05) is 24.3 Å². The number of nitrogens with one attached hydrogen (secondary N) is 1. The molecule has 0 aromatic heterocycles. The van der Waals surface area contributed by atoms with Crippen molar-refractivity contribution in [1.29, 1.82) is 0 Å². The molecule has 0 heterocycles. The number of carbonyl (C=O) groups is 1. The molecule has 1 aliphatic carbocycles. The zero-order chi connectivity index (χ0) is 11.5. The first kappa shape index (κ1) is 11.0. The van der Waals surface area contributed by atoms with Gasteiger partial charge in [-0.3, -0.25) is 4.79 Å². The van der Waals surface area contributed by atoms with Crippen molar-refractivity contribution < 1.29 is 9.53 Å². The van der Waals surface area contributed by atoms with Gasteiger partial charge in [0.25, 0.3) is 0 Å². The van der Waals surface area contributed by atoms with Gasteiger partial charge in [-0.2, -0.15) is 0 Å². The maximum atomic E-state index is 11.8. The molecule has 0 spiro atoms. The van der Waals surface area contributed by atoms with Gasteiger partial charge in [0.05, 0.1) is 12.8 Å². The van der Waals surface area contributed by atoms with E-state index in [4.69, 9.17) is 10.5 Å². The second-order valence-electron chi connectivity index (χ2n) is 4.12. The molecule has 16 heavy (non-hydrogen) atoms. The summed E-state index contributed by atoms with van der Waals surface area (Å²) in [5.41, 5.74) is 6.37. The predicted molar refractivity (Wildman–Crippen MR) is 62.3 cm³/mol. The van der Waals surface area contributed by atoms with Crippen LogP contribution in [-0.2, 0) is 4.79 Å². The van der Waals surface area contributed by atoms with Gasteiger partial charge in [0, 0.05) is 12.0 Å². The Balaban J connectivity index is 2.00. The summed E-state index contributed by atoms with van der Waals surface area (Å²) >= 11 is 0. The number of amides is 1. The lowest BCUT2D eigenvalue weighted by Crippen LogP contribution is -2.42. The summed E-state index contributed by atoms with van der Waals surface area (Å²) < 4.78 is 5.16. The van der Waals surface area contributed by atoms with Gasteiger partial charge in [-0.1, -0.05) is 12.1 Å². The van der Waals surface area contributed by atoms with Crippen LogP contribution in [-0.4, -0.2) is 19.1 Å². The van der Waals surface area contributed by atoms with E-state index in [0.29, 0.717) is 5.75 Å². The first-order valence-electron chi connectivity index (χ1n) is 5.40. The molecule has 0 atom stereocenters. The van der Waals surface area contributed by atoms with Crippen LogP contribution in [0.25, 0.3) is 0 Å². The molecule has 86 valence electrons. The van der Waals surface area contributed by atoms with E-state index >= 15 is 0 Å². The quantitative estimate of drug-likeness (QED) is 0.808. The average molecular weight is 220 g/mol. The minimum Gasteiger partial charge on any atom is -0.495 e. The van der Waals surface area contributed by atoms with Crippen molar-refractivity contribution in [2.75, 3.05) is 12.4 Å². The van der Waals surface area contributed by atoms with Gasteiger partial charge < -0.3 is 15.8 Å². The Morgan fingerprint density at radius 3 is 2.75 bits per heavy atom. The third-order valence-corrected chi connectivity index (χ3v) is 2.91. The van der Waals surface area contributed by atoms with Gasteiger partial charge in [0.2, 0.25) is 5.91 Å². The van der Waals surface area contributed by atoms with Crippen LogP contribution in [0.3, 0.4) is 0 Å². The van der Waals surface area contributed by atoms with E-state index in [1.54, 1.807) is 7.11 Å². The van der Waals surface area contributed by atoms with E-state index in [0.717, 1.165) is 18.5 Å². The molecule has 3 N–H and O–H groups in total. The molecule has 2 rings (SSSR count). The molecule has 0 radical (unpaired) electrons. The van der Waals surface area contributed by atoms with Crippen molar-refractivity contribution in [3.63, 3.8) is 0 Å². The average Bonchev–Trinajstić information content (AvgIpc) is 2.25. The van der Waals surface area contributed by atoms with Gasteiger partial charge in [-0.25, -0.2) is 0 Å². The van der Waals surface area contributed by atoms with Crippen LogP contribution < -0.4 is 15.8 Å². The predicted octanol–water partition coefficient (Wildman–Crippen LogP) is 1.37. The van der Waals surface area contributed by atoms with Crippen LogP contribution in [0.1, 0.15) is 12.8 Å². The normalized spacial score (nSPS) is 23.4. The van der Waals surface area contributed by atoms with Crippen molar-refractivity contribution in [2.45, 2.75) is 18.9 Å². The fourth-order valence-electron chi connectivity index (χ4n) is 1.86.